The van der Waals surface area contributed by atoms with E-state index in [1.807, 2.05) is 36.4 Å². The summed E-state index contributed by atoms with van der Waals surface area (Å²) in [6.45, 7) is 0. The van der Waals surface area contributed by atoms with Gasteiger partial charge in [0.1, 0.15) is 11.2 Å². The van der Waals surface area contributed by atoms with Gasteiger partial charge in [-0.3, -0.25) is 0 Å². The van der Waals surface area contributed by atoms with E-state index in [0.29, 0.717) is 17.5 Å². The summed E-state index contributed by atoms with van der Waals surface area (Å²) in [7, 11) is 0. The fourth-order valence-corrected chi connectivity index (χ4v) is 7.17. The molecule has 4 heteroatoms. The summed E-state index contributed by atoms with van der Waals surface area (Å²) in [5, 5.41) is 4.52. The van der Waals surface area contributed by atoms with E-state index < -0.39 is 0 Å². The predicted molar refractivity (Wildman–Crippen MR) is 217 cm³/mol. The first-order valence-electron chi connectivity index (χ1n) is 17.8. The second kappa shape index (κ2) is 12.9. The Hall–Kier alpha value is -7.17. The fourth-order valence-electron chi connectivity index (χ4n) is 7.17. The minimum Gasteiger partial charge on any atom is -0.455 e. The van der Waals surface area contributed by atoms with Crippen molar-refractivity contribution in [1.82, 2.24) is 15.0 Å². The summed E-state index contributed by atoms with van der Waals surface area (Å²) < 4.78 is 6.42. The number of fused-ring (bicyclic) bond motifs is 4. The van der Waals surface area contributed by atoms with Crippen molar-refractivity contribution in [3.8, 4) is 67.5 Å². The third kappa shape index (κ3) is 5.73. The Morgan fingerprint density at radius 3 is 1.38 bits per heavy atom. The molecule has 0 saturated heterocycles. The van der Waals surface area contributed by atoms with Gasteiger partial charge < -0.3 is 4.42 Å². The zero-order valence-electron chi connectivity index (χ0n) is 28.6. The molecule has 0 saturated carbocycles. The first kappa shape index (κ1) is 30.6. The van der Waals surface area contributed by atoms with Crippen LogP contribution < -0.4 is 0 Å². The Morgan fingerprint density at radius 2 is 0.755 bits per heavy atom. The number of aromatic nitrogens is 3. The van der Waals surface area contributed by atoms with E-state index in [1.165, 1.54) is 21.9 Å². The second-order valence-corrected chi connectivity index (χ2v) is 13.3. The standard InChI is InChI=1S/C49H31N3O/c1-3-10-32(11-4-1)34-18-24-37(25-19-34)47-50-48(52-49(51-47)44-16-9-15-43-42-14-7-8-17-45(42)53-46(43)44)38-26-20-35(21-27-38)40-29-23-36-22-28-39(30-41(36)31-40)33-12-5-2-6-13-33/h1-31H. The summed E-state index contributed by atoms with van der Waals surface area (Å²) in [4.78, 5) is 15.2. The fraction of sp³-hybridized carbons (Fsp3) is 0. The van der Waals surface area contributed by atoms with E-state index in [9.17, 15) is 0 Å². The summed E-state index contributed by atoms with van der Waals surface area (Å²) in [6.07, 6.45) is 0. The minimum absolute atomic E-state index is 0.564. The molecular formula is C49H31N3O. The Morgan fingerprint density at radius 1 is 0.302 bits per heavy atom. The van der Waals surface area contributed by atoms with Crippen molar-refractivity contribution in [3.63, 3.8) is 0 Å². The van der Waals surface area contributed by atoms with Gasteiger partial charge in [0, 0.05) is 21.9 Å². The first-order chi connectivity index (χ1) is 26.2. The van der Waals surface area contributed by atoms with Crippen LogP contribution in [-0.2, 0) is 0 Å². The number of para-hydroxylation sites is 2. The molecule has 0 fully saturated rings. The maximum Gasteiger partial charge on any atom is 0.167 e. The van der Waals surface area contributed by atoms with Crippen LogP contribution in [0.2, 0.25) is 0 Å². The molecule has 0 aliphatic rings. The second-order valence-electron chi connectivity index (χ2n) is 13.3. The van der Waals surface area contributed by atoms with Crippen molar-refractivity contribution in [3.05, 3.63) is 188 Å². The Kier molecular flexibility index (Phi) is 7.43. The molecule has 0 aliphatic carbocycles. The largest absolute Gasteiger partial charge is 0.455 e. The van der Waals surface area contributed by atoms with Gasteiger partial charge in [0.05, 0.1) is 5.56 Å². The lowest BCUT2D eigenvalue weighted by Gasteiger charge is -2.10. The zero-order valence-corrected chi connectivity index (χ0v) is 28.6. The van der Waals surface area contributed by atoms with Gasteiger partial charge in [0.15, 0.2) is 17.5 Å². The molecule has 0 unspecified atom stereocenters. The van der Waals surface area contributed by atoms with Gasteiger partial charge in [0.2, 0.25) is 0 Å². The molecule has 2 heterocycles. The van der Waals surface area contributed by atoms with Crippen LogP contribution in [0.25, 0.3) is 100 Å². The molecule has 10 rings (SSSR count). The zero-order chi connectivity index (χ0) is 35.1. The lowest BCUT2D eigenvalue weighted by atomic mass is 9.97. The van der Waals surface area contributed by atoms with E-state index in [1.54, 1.807) is 0 Å². The smallest absolute Gasteiger partial charge is 0.167 e. The van der Waals surface area contributed by atoms with Crippen LogP contribution in [0, 0.1) is 0 Å². The maximum atomic E-state index is 6.42. The summed E-state index contributed by atoms with van der Waals surface area (Å²) >= 11 is 0. The van der Waals surface area contributed by atoms with Gasteiger partial charge in [-0.25, -0.2) is 15.0 Å². The third-order valence-electron chi connectivity index (χ3n) is 9.95. The van der Waals surface area contributed by atoms with Crippen LogP contribution in [-0.4, -0.2) is 15.0 Å². The quantitative estimate of drug-likeness (QED) is 0.176. The molecule has 0 aliphatic heterocycles. The predicted octanol–water partition coefficient (Wildman–Crippen LogP) is 12.9. The highest BCUT2D eigenvalue weighted by atomic mass is 16.3. The Labute approximate surface area is 306 Å². The van der Waals surface area contributed by atoms with Crippen molar-refractivity contribution in [1.29, 1.82) is 0 Å². The highest BCUT2D eigenvalue weighted by molar-refractivity contribution is 6.09. The van der Waals surface area contributed by atoms with Crippen molar-refractivity contribution in [2.45, 2.75) is 0 Å². The van der Waals surface area contributed by atoms with Crippen LogP contribution in [0.3, 0.4) is 0 Å². The molecule has 2 aromatic heterocycles. The van der Waals surface area contributed by atoms with E-state index in [2.05, 4.69) is 152 Å². The van der Waals surface area contributed by atoms with E-state index in [0.717, 1.165) is 60.9 Å². The van der Waals surface area contributed by atoms with Crippen LogP contribution in [0.15, 0.2) is 192 Å². The number of rotatable bonds is 6. The number of benzene rings is 8. The molecule has 248 valence electrons. The lowest BCUT2D eigenvalue weighted by molar-refractivity contribution is 0.669. The van der Waals surface area contributed by atoms with Gasteiger partial charge in [-0.1, -0.05) is 164 Å². The van der Waals surface area contributed by atoms with Crippen molar-refractivity contribution in [2.75, 3.05) is 0 Å². The molecule has 0 amide bonds. The van der Waals surface area contributed by atoms with Gasteiger partial charge >= 0.3 is 0 Å². The van der Waals surface area contributed by atoms with Gasteiger partial charge in [-0.2, -0.15) is 0 Å². The van der Waals surface area contributed by atoms with Crippen LogP contribution in [0.1, 0.15) is 0 Å². The number of hydrogen-bond acceptors (Lipinski definition) is 4. The third-order valence-corrected chi connectivity index (χ3v) is 9.95. The Bertz CT molecular complexity index is 2910. The van der Waals surface area contributed by atoms with Crippen molar-refractivity contribution < 1.29 is 4.42 Å². The number of furan rings is 1. The first-order valence-corrected chi connectivity index (χ1v) is 17.8. The number of hydrogen-bond donors (Lipinski definition) is 0. The van der Waals surface area contributed by atoms with Crippen molar-refractivity contribution in [2.24, 2.45) is 0 Å². The van der Waals surface area contributed by atoms with E-state index >= 15 is 0 Å². The molecule has 0 bridgehead atoms. The molecule has 53 heavy (non-hydrogen) atoms. The molecule has 4 nitrogen and oxygen atoms in total. The van der Waals surface area contributed by atoms with Crippen molar-refractivity contribution >= 4 is 32.7 Å². The monoisotopic (exact) mass is 677 g/mol. The van der Waals surface area contributed by atoms with Crippen LogP contribution >= 0.6 is 0 Å². The van der Waals surface area contributed by atoms with Crippen LogP contribution in [0.5, 0.6) is 0 Å². The summed E-state index contributed by atoms with van der Waals surface area (Å²) in [5.74, 6) is 1.77. The normalized spacial score (nSPS) is 11.4. The molecule has 0 N–H and O–H groups in total. The van der Waals surface area contributed by atoms with Gasteiger partial charge in [0.25, 0.3) is 0 Å². The van der Waals surface area contributed by atoms with Gasteiger partial charge in [-0.15, -0.1) is 0 Å². The summed E-state index contributed by atoms with van der Waals surface area (Å²) in [6, 6.07) is 65.4. The average Bonchev–Trinajstić information content (AvgIpc) is 3.63. The van der Waals surface area contributed by atoms with Crippen LogP contribution in [0.4, 0.5) is 0 Å². The molecule has 10 aromatic rings. The van der Waals surface area contributed by atoms with E-state index in [4.69, 9.17) is 19.4 Å². The molecule has 0 radical (unpaired) electrons. The molecule has 8 aromatic carbocycles. The molecule has 0 atom stereocenters. The highest BCUT2D eigenvalue weighted by Crippen LogP contribution is 2.36. The average molecular weight is 678 g/mol. The number of nitrogens with zero attached hydrogens (tertiary/aromatic N) is 3. The maximum absolute atomic E-state index is 6.42. The SMILES string of the molecule is c1ccc(-c2ccc(-c3nc(-c4ccc(-c5ccc6ccc(-c7ccccc7)cc6c5)cc4)nc(-c4cccc5c4oc4ccccc45)n3)cc2)cc1. The van der Waals surface area contributed by atoms with E-state index in [-0.39, 0.29) is 0 Å². The summed E-state index contributed by atoms with van der Waals surface area (Å²) in [5.41, 5.74) is 11.2. The topological polar surface area (TPSA) is 51.8 Å². The highest BCUT2D eigenvalue weighted by Gasteiger charge is 2.18. The molecule has 0 spiro atoms. The van der Waals surface area contributed by atoms with Gasteiger partial charge in [-0.05, 0) is 68.4 Å². The Balaban J connectivity index is 1.06. The minimum atomic E-state index is 0.564. The lowest BCUT2D eigenvalue weighted by Crippen LogP contribution is -2.00. The molecular weight excluding hydrogens is 647 g/mol.